The summed E-state index contributed by atoms with van der Waals surface area (Å²) in [5.74, 6) is 1.71. The molecule has 2 unspecified atom stereocenters. The lowest BCUT2D eigenvalue weighted by Crippen LogP contribution is -2.39. The molecule has 0 radical (unpaired) electrons. The number of rotatable bonds is 3. The minimum atomic E-state index is 0.272. The molecule has 0 spiro atoms. The molecule has 1 aromatic rings. The van der Waals surface area contributed by atoms with Crippen LogP contribution in [0.25, 0.3) is 0 Å². The van der Waals surface area contributed by atoms with Crippen LogP contribution in [0, 0.1) is 0 Å². The summed E-state index contributed by atoms with van der Waals surface area (Å²) in [6.07, 6.45) is 5.20. The summed E-state index contributed by atoms with van der Waals surface area (Å²) in [6.45, 7) is 5.37. The summed E-state index contributed by atoms with van der Waals surface area (Å²) in [4.78, 5) is 2.57. The highest BCUT2D eigenvalue weighted by Crippen LogP contribution is 2.35. The fourth-order valence-electron chi connectivity index (χ4n) is 3.49. The SMILES string of the molecule is CC1CCCCCN1C(CN)c1ccc2c(c1)OCCO2. The van der Waals surface area contributed by atoms with Crippen molar-refractivity contribution in [3.05, 3.63) is 23.8 Å². The molecule has 4 nitrogen and oxygen atoms in total. The van der Waals surface area contributed by atoms with E-state index in [1.165, 1.54) is 31.2 Å². The molecular weight excluding hydrogens is 264 g/mol. The van der Waals surface area contributed by atoms with Crippen molar-refractivity contribution in [3.63, 3.8) is 0 Å². The predicted molar refractivity (Wildman–Crippen MR) is 83.9 cm³/mol. The van der Waals surface area contributed by atoms with Gasteiger partial charge in [-0.3, -0.25) is 4.90 Å². The van der Waals surface area contributed by atoms with Crippen LogP contribution in [-0.4, -0.2) is 37.2 Å². The Balaban J connectivity index is 1.84. The number of fused-ring (bicyclic) bond motifs is 1. The number of nitrogens with zero attached hydrogens (tertiary/aromatic N) is 1. The molecule has 2 heterocycles. The van der Waals surface area contributed by atoms with Gasteiger partial charge in [0.05, 0.1) is 0 Å². The van der Waals surface area contributed by atoms with Gasteiger partial charge < -0.3 is 15.2 Å². The molecule has 0 amide bonds. The van der Waals surface area contributed by atoms with E-state index in [0.717, 1.165) is 18.0 Å². The molecule has 0 aliphatic carbocycles. The zero-order valence-electron chi connectivity index (χ0n) is 12.9. The smallest absolute Gasteiger partial charge is 0.161 e. The lowest BCUT2D eigenvalue weighted by molar-refractivity contribution is 0.148. The zero-order valence-corrected chi connectivity index (χ0v) is 12.9. The Morgan fingerprint density at radius 2 is 2.00 bits per heavy atom. The summed E-state index contributed by atoms with van der Waals surface area (Å²) in [6, 6.07) is 7.14. The van der Waals surface area contributed by atoms with Crippen LogP contribution in [0.3, 0.4) is 0 Å². The van der Waals surface area contributed by atoms with Crippen molar-refractivity contribution >= 4 is 0 Å². The van der Waals surface area contributed by atoms with Gasteiger partial charge in [-0.1, -0.05) is 18.9 Å². The first kappa shape index (κ1) is 14.7. The van der Waals surface area contributed by atoms with Crippen molar-refractivity contribution in [2.24, 2.45) is 5.73 Å². The van der Waals surface area contributed by atoms with Crippen molar-refractivity contribution in [2.75, 3.05) is 26.3 Å². The normalized spacial score (nSPS) is 24.4. The van der Waals surface area contributed by atoms with Gasteiger partial charge in [-0.2, -0.15) is 0 Å². The van der Waals surface area contributed by atoms with Crippen molar-refractivity contribution in [1.29, 1.82) is 0 Å². The van der Waals surface area contributed by atoms with Gasteiger partial charge in [0.25, 0.3) is 0 Å². The van der Waals surface area contributed by atoms with E-state index in [2.05, 4.69) is 24.0 Å². The highest BCUT2D eigenvalue weighted by atomic mass is 16.6. The Hall–Kier alpha value is -1.26. The molecule has 1 fully saturated rings. The van der Waals surface area contributed by atoms with E-state index in [4.69, 9.17) is 15.2 Å². The molecule has 2 atom stereocenters. The molecule has 0 bridgehead atoms. The Morgan fingerprint density at radius 1 is 1.19 bits per heavy atom. The first-order valence-electron chi connectivity index (χ1n) is 8.15. The van der Waals surface area contributed by atoms with Gasteiger partial charge in [0, 0.05) is 18.6 Å². The Kier molecular flexibility index (Phi) is 4.66. The van der Waals surface area contributed by atoms with Crippen LogP contribution in [0.4, 0.5) is 0 Å². The molecule has 1 saturated heterocycles. The van der Waals surface area contributed by atoms with E-state index in [1.807, 2.05) is 6.07 Å². The van der Waals surface area contributed by atoms with E-state index in [-0.39, 0.29) is 6.04 Å². The maximum atomic E-state index is 6.11. The minimum Gasteiger partial charge on any atom is -0.486 e. The molecule has 2 aliphatic heterocycles. The van der Waals surface area contributed by atoms with Crippen LogP contribution in [0.15, 0.2) is 18.2 Å². The third-order valence-corrected chi connectivity index (χ3v) is 4.68. The number of hydrogen-bond donors (Lipinski definition) is 1. The van der Waals surface area contributed by atoms with Gasteiger partial charge in [0.1, 0.15) is 13.2 Å². The van der Waals surface area contributed by atoms with Gasteiger partial charge in [-0.15, -0.1) is 0 Å². The topological polar surface area (TPSA) is 47.7 Å². The van der Waals surface area contributed by atoms with Crippen LogP contribution in [-0.2, 0) is 0 Å². The third kappa shape index (κ3) is 3.16. The second kappa shape index (κ2) is 6.67. The van der Waals surface area contributed by atoms with Crippen LogP contribution in [0.1, 0.15) is 44.2 Å². The van der Waals surface area contributed by atoms with Gasteiger partial charge in [-0.25, -0.2) is 0 Å². The quantitative estimate of drug-likeness (QED) is 0.930. The van der Waals surface area contributed by atoms with E-state index < -0.39 is 0 Å². The van der Waals surface area contributed by atoms with Gasteiger partial charge in [-0.05, 0) is 44.0 Å². The van der Waals surface area contributed by atoms with Crippen molar-refractivity contribution < 1.29 is 9.47 Å². The number of likely N-dealkylation sites (tertiary alicyclic amines) is 1. The molecule has 1 aromatic carbocycles. The molecule has 0 aromatic heterocycles. The van der Waals surface area contributed by atoms with Gasteiger partial charge in [0.2, 0.25) is 0 Å². The first-order chi connectivity index (χ1) is 10.3. The molecule has 21 heavy (non-hydrogen) atoms. The summed E-state index contributed by atoms with van der Waals surface area (Å²) >= 11 is 0. The van der Waals surface area contributed by atoms with E-state index in [1.54, 1.807) is 0 Å². The highest BCUT2D eigenvalue weighted by Gasteiger charge is 2.26. The molecule has 3 rings (SSSR count). The predicted octanol–water partition coefficient (Wildman–Crippen LogP) is 2.72. The molecule has 2 aliphatic rings. The summed E-state index contributed by atoms with van der Waals surface area (Å²) in [5, 5.41) is 0. The van der Waals surface area contributed by atoms with Gasteiger partial charge in [0.15, 0.2) is 11.5 Å². The number of hydrogen-bond acceptors (Lipinski definition) is 4. The van der Waals surface area contributed by atoms with Crippen LogP contribution < -0.4 is 15.2 Å². The van der Waals surface area contributed by atoms with Crippen LogP contribution in [0.2, 0.25) is 0 Å². The molecule has 0 saturated carbocycles. The number of nitrogens with two attached hydrogens (primary N) is 1. The number of benzene rings is 1. The second-order valence-corrected chi connectivity index (χ2v) is 6.09. The van der Waals surface area contributed by atoms with Crippen molar-refractivity contribution in [3.8, 4) is 11.5 Å². The fourth-order valence-corrected chi connectivity index (χ4v) is 3.49. The lowest BCUT2D eigenvalue weighted by Gasteiger charge is -2.35. The molecule has 116 valence electrons. The summed E-state index contributed by atoms with van der Waals surface area (Å²) in [5.41, 5.74) is 7.36. The minimum absolute atomic E-state index is 0.272. The monoisotopic (exact) mass is 290 g/mol. The maximum Gasteiger partial charge on any atom is 0.161 e. The third-order valence-electron chi connectivity index (χ3n) is 4.68. The van der Waals surface area contributed by atoms with Crippen LogP contribution in [0.5, 0.6) is 11.5 Å². The Bertz CT molecular complexity index is 478. The Labute approximate surface area is 127 Å². The number of ether oxygens (including phenoxy) is 2. The van der Waals surface area contributed by atoms with E-state index in [9.17, 15) is 0 Å². The molecular formula is C17H26N2O2. The van der Waals surface area contributed by atoms with Crippen molar-refractivity contribution in [1.82, 2.24) is 4.90 Å². The highest BCUT2D eigenvalue weighted by molar-refractivity contribution is 5.44. The van der Waals surface area contributed by atoms with Crippen molar-refractivity contribution in [2.45, 2.75) is 44.7 Å². The maximum absolute atomic E-state index is 6.11. The fraction of sp³-hybridized carbons (Fsp3) is 0.647. The first-order valence-corrected chi connectivity index (χ1v) is 8.15. The zero-order chi connectivity index (χ0) is 14.7. The lowest BCUT2D eigenvalue weighted by atomic mass is 10.0. The standard InChI is InChI=1S/C17H26N2O2/c1-13-5-3-2-4-8-19(13)15(12-18)14-6-7-16-17(11-14)21-10-9-20-16/h6-7,11,13,15H,2-5,8-10,12,18H2,1H3. The summed E-state index contributed by atoms with van der Waals surface area (Å²) < 4.78 is 11.3. The molecule has 2 N–H and O–H groups in total. The second-order valence-electron chi connectivity index (χ2n) is 6.09. The van der Waals surface area contributed by atoms with E-state index in [0.29, 0.717) is 25.8 Å². The average molecular weight is 290 g/mol. The largest absolute Gasteiger partial charge is 0.486 e. The van der Waals surface area contributed by atoms with Crippen LogP contribution >= 0.6 is 0 Å². The van der Waals surface area contributed by atoms with Gasteiger partial charge >= 0.3 is 0 Å². The summed E-state index contributed by atoms with van der Waals surface area (Å²) in [7, 11) is 0. The molecule has 4 heteroatoms. The average Bonchev–Trinajstić information content (AvgIpc) is 2.73. The van der Waals surface area contributed by atoms with E-state index >= 15 is 0 Å². The Morgan fingerprint density at radius 3 is 2.81 bits per heavy atom.